The number of anilines is 1. The third-order valence-electron chi connectivity index (χ3n) is 3.58. The third-order valence-corrected chi connectivity index (χ3v) is 4.14. The van der Waals surface area contributed by atoms with Crippen LogP contribution in [0.1, 0.15) is 5.56 Å². The number of hydrogen-bond donors (Lipinski definition) is 2. The van der Waals surface area contributed by atoms with Crippen LogP contribution in [0.4, 0.5) is 5.69 Å². The number of hydrazine groups is 1. The summed E-state index contributed by atoms with van der Waals surface area (Å²) >= 11 is 12.1. The molecule has 3 rings (SSSR count). The van der Waals surface area contributed by atoms with E-state index < -0.39 is 24.4 Å². The summed E-state index contributed by atoms with van der Waals surface area (Å²) in [5.41, 5.74) is 3.30. The van der Waals surface area contributed by atoms with Crippen LogP contribution in [0.3, 0.4) is 0 Å². The van der Waals surface area contributed by atoms with Gasteiger partial charge in [0.2, 0.25) is 0 Å². The molecule has 1 aliphatic rings. The molecule has 0 aromatic heterocycles. The van der Waals surface area contributed by atoms with Crippen LogP contribution in [0.25, 0.3) is 6.08 Å². The van der Waals surface area contributed by atoms with E-state index in [9.17, 15) is 14.4 Å². The highest BCUT2D eigenvalue weighted by Crippen LogP contribution is 2.35. The van der Waals surface area contributed by atoms with Crippen LogP contribution >= 0.6 is 23.2 Å². The number of halogens is 2. The largest absolute Gasteiger partial charge is 0.479 e. The summed E-state index contributed by atoms with van der Waals surface area (Å²) in [6.07, 6.45) is 1.35. The van der Waals surface area contributed by atoms with Crippen molar-refractivity contribution in [1.82, 2.24) is 5.43 Å². The molecule has 1 heterocycles. The summed E-state index contributed by atoms with van der Waals surface area (Å²) < 4.78 is 5.03. The maximum atomic E-state index is 12.6. The average Bonchev–Trinajstić information content (AvgIpc) is 2.90. The Morgan fingerprint density at radius 2 is 1.78 bits per heavy atom. The first-order valence-electron chi connectivity index (χ1n) is 7.62. The Morgan fingerprint density at radius 1 is 1.15 bits per heavy atom. The molecule has 27 heavy (non-hydrogen) atoms. The molecule has 0 aliphatic carbocycles. The molecule has 0 atom stereocenters. The lowest BCUT2D eigenvalue weighted by molar-refractivity contribution is -0.139. The zero-order chi connectivity index (χ0) is 19.6. The van der Waals surface area contributed by atoms with Crippen molar-refractivity contribution in [2.75, 3.05) is 11.6 Å². The smallest absolute Gasteiger partial charge is 0.341 e. The molecular weight excluding hydrogens is 395 g/mol. The summed E-state index contributed by atoms with van der Waals surface area (Å²) in [7, 11) is 0. The van der Waals surface area contributed by atoms with E-state index in [1.54, 1.807) is 30.3 Å². The van der Waals surface area contributed by atoms with E-state index in [0.717, 1.165) is 5.01 Å². The molecule has 1 aliphatic heterocycles. The van der Waals surface area contributed by atoms with Gasteiger partial charge >= 0.3 is 5.97 Å². The number of ether oxygens (including phenoxy) is 1. The molecule has 0 unspecified atom stereocenters. The van der Waals surface area contributed by atoms with E-state index in [4.69, 9.17) is 33.0 Å². The fourth-order valence-corrected chi connectivity index (χ4v) is 3.03. The van der Waals surface area contributed by atoms with Crippen LogP contribution in [-0.4, -0.2) is 29.5 Å². The lowest BCUT2D eigenvalue weighted by Crippen LogP contribution is -2.35. The normalized spacial score (nSPS) is 15.2. The summed E-state index contributed by atoms with van der Waals surface area (Å²) in [5.74, 6) is -2.26. The number of rotatable bonds is 5. The average molecular weight is 407 g/mol. The third kappa shape index (κ3) is 4.05. The van der Waals surface area contributed by atoms with Crippen molar-refractivity contribution in [3.05, 3.63) is 63.6 Å². The van der Waals surface area contributed by atoms with E-state index in [0.29, 0.717) is 11.3 Å². The van der Waals surface area contributed by atoms with Crippen molar-refractivity contribution in [2.45, 2.75) is 0 Å². The predicted octanol–water partition coefficient (Wildman–Crippen LogP) is 2.92. The quantitative estimate of drug-likeness (QED) is 0.587. The SMILES string of the molecule is O=C(O)COc1c(Cl)cc(C=C2C(=O)NN(c3ccccc3)C2=O)cc1Cl. The molecule has 0 bridgehead atoms. The van der Waals surface area contributed by atoms with Gasteiger partial charge in [-0.05, 0) is 35.9 Å². The van der Waals surface area contributed by atoms with Gasteiger partial charge in [-0.1, -0.05) is 41.4 Å². The highest BCUT2D eigenvalue weighted by molar-refractivity contribution is 6.37. The molecule has 0 spiro atoms. The fourth-order valence-electron chi connectivity index (χ4n) is 2.42. The lowest BCUT2D eigenvalue weighted by Gasteiger charge is -2.13. The van der Waals surface area contributed by atoms with Gasteiger partial charge in [-0.2, -0.15) is 0 Å². The zero-order valence-corrected chi connectivity index (χ0v) is 15.1. The molecule has 2 aromatic carbocycles. The Morgan fingerprint density at radius 3 is 2.37 bits per heavy atom. The maximum absolute atomic E-state index is 12.6. The lowest BCUT2D eigenvalue weighted by atomic mass is 10.1. The van der Waals surface area contributed by atoms with E-state index in [-0.39, 0.29) is 21.4 Å². The number of carbonyl (C=O) groups excluding carboxylic acids is 2. The van der Waals surface area contributed by atoms with Crippen LogP contribution in [0.5, 0.6) is 5.75 Å². The Hall–Kier alpha value is -3.03. The minimum atomic E-state index is -1.18. The van der Waals surface area contributed by atoms with Gasteiger partial charge in [-0.15, -0.1) is 0 Å². The fraction of sp³-hybridized carbons (Fsp3) is 0.0556. The maximum Gasteiger partial charge on any atom is 0.341 e. The second kappa shape index (κ2) is 7.69. The standard InChI is InChI=1S/C18H12Cl2N2O5/c19-13-7-10(8-14(20)16(13)27-9-15(23)24)6-12-17(25)21-22(18(12)26)11-4-2-1-3-5-11/h1-8H,9H2,(H,21,25)(H,23,24). The first-order valence-corrected chi connectivity index (χ1v) is 8.38. The molecule has 2 N–H and O–H groups in total. The van der Waals surface area contributed by atoms with Gasteiger partial charge in [0.15, 0.2) is 12.4 Å². The number of carboxylic acid groups (broad SMARTS) is 1. The molecule has 2 amide bonds. The van der Waals surface area contributed by atoms with Crippen molar-refractivity contribution in [3.63, 3.8) is 0 Å². The zero-order valence-electron chi connectivity index (χ0n) is 13.6. The number of carboxylic acids is 1. The molecule has 138 valence electrons. The predicted molar refractivity (Wildman–Crippen MR) is 99.6 cm³/mol. The summed E-state index contributed by atoms with van der Waals surface area (Å²) in [5, 5.41) is 9.93. The van der Waals surface area contributed by atoms with Gasteiger partial charge in [-0.3, -0.25) is 15.0 Å². The van der Waals surface area contributed by atoms with Crippen molar-refractivity contribution < 1.29 is 24.2 Å². The van der Waals surface area contributed by atoms with Gasteiger partial charge in [0, 0.05) is 0 Å². The molecule has 0 radical (unpaired) electrons. The van der Waals surface area contributed by atoms with E-state index in [1.165, 1.54) is 18.2 Å². The van der Waals surface area contributed by atoms with Crippen LogP contribution in [0.15, 0.2) is 48.0 Å². The highest BCUT2D eigenvalue weighted by Gasteiger charge is 2.34. The molecule has 2 aromatic rings. The minimum absolute atomic E-state index is 0.0102. The second-order valence-corrected chi connectivity index (χ2v) is 6.29. The minimum Gasteiger partial charge on any atom is -0.479 e. The van der Waals surface area contributed by atoms with Gasteiger partial charge in [-0.25, -0.2) is 9.80 Å². The van der Waals surface area contributed by atoms with Crippen LogP contribution in [0.2, 0.25) is 10.0 Å². The second-order valence-electron chi connectivity index (χ2n) is 5.47. The van der Waals surface area contributed by atoms with Crippen LogP contribution in [-0.2, 0) is 14.4 Å². The van der Waals surface area contributed by atoms with Crippen LogP contribution in [0, 0.1) is 0 Å². The van der Waals surface area contributed by atoms with Crippen LogP contribution < -0.4 is 15.2 Å². The molecule has 0 saturated carbocycles. The number of nitrogens with zero attached hydrogens (tertiary/aromatic N) is 1. The summed E-state index contributed by atoms with van der Waals surface area (Å²) in [6, 6.07) is 11.5. The highest BCUT2D eigenvalue weighted by atomic mass is 35.5. The summed E-state index contributed by atoms with van der Waals surface area (Å²) in [6.45, 7) is -0.604. The number of amides is 2. The number of hydrogen-bond acceptors (Lipinski definition) is 4. The first kappa shape index (κ1) is 18.8. The Bertz CT molecular complexity index is 936. The number of para-hydroxylation sites is 1. The van der Waals surface area contributed by atoms with Gasteiger partial charge in [0.25, 0.3) is 11.8 Å². The molecule has 7 nitrogen and oxygen atoms in total. The number of carbonyl (C=O) groups is 3. The monoisotopic (exact) mass is 406 g/mol. The molecule has 1 saturated heterocycles. The number of nitrogens with one attached hydrogen (secondary N) is 1. The Kier molecular flexibility index (Phi) is 5.34. The Balaban J connectivity index is 1.89. The number of aliphatic carboxylic acids is 1. The first-order chi connectivity index (χ1) is 12.9. The number of benzene rings is 2. The van der Waals surface area contributed by atoms with Crippen molar-refractivity contribution in [2.24, 2.45) is 0 Å². The topological polar surface area (TPSA) is 95.9 Å². The van der Waals surface area contributed by atoms with E-state index >= 15 is 0 Å². The van der Waals surface area contributed by atoms with Gasteiger partial charge in [0.05, 0.1) is 15.7 Å². The van der Waals surface area contributed by atoms with E-state index in [1.807, 2.05) is 0 Å². The van der Waals surface area contributed by atoms with Gasteiger partial charge in [0.1, 0.15) is 5.57 Å². The van der Waals surface area contributed by atoms with Crippen molar-refractivity contribution >= 4 is 52.7 Å². The molecule has 9 heteroatoms. The van der Waals surface area contributed by atoms with Crippen molar-refractivity contribution in [1.29, 1.82) is 0 Å². The Labute approximate surface area is 163 Å². The molecular formula is C18H12Cl2N2O5. The van der Waals surface area contributed by atoms with E-state index in [2.05, 4.69) is 5.43 Å². The van der Waals surface area contributed by atoms with Crippen molar-refractivity contribution in [3.8, 4) is 5.75 Å². The van der Waals surface area contributed by atoms with Gasteiger partial charge < -0.3 is 9.84 Å². The summed E-state index contributed by atoms with van der Waals surface area (Å²) in [4.78, 5) is 35.3. The molecule has 1 fully saturated rings.